The molecule has 0 aromatic carbocycles. The molecular formula is C12H14N8O2. The molecule has 10 heteroatoms. The van der Waals surface area contributed by atoms with Gasteiger partial charge in [0, 0.05) is 38.6 Å². The van der Waals surface area contributed by atoms with Gasteiger partial charge in [-0.25, -0.2) is 15.1 Å². The Morgan fingerprint density at radius 1 is 1.09 bits per heavy atom. The second-order valence-corrected chi connectivity index (χ2v) is 4.62. The van der Waals surface area contributed by atoms with E-state index in [0.29, 0.717) is 32.1 Å². The second-order valence-electron chi connectivity index (χ2n) is 4.62. The van der Waals surface area contributed by atoms with Crippen LogP contribution in [-0.4, -0.2) is 68.0 Å². The summed E-state index contributed by atoms with van der Waals surface area (Å²) in [5, 5.41) is 8.42. The molecule has 1 aliphatic heterocycles. The Hall–Kier alpha value is -3.04. The molecule has 10 nitrogen and oxygen atoms in total. The van der Waals surface area contributed by atoms with E-state index in [2.05, 4.69) is 30.5 Å². The smallest absolute Gasteiger partial charge is 0.316 e. The number of carbonyl (C=O) groups excluding carboxylic acids is 2. The van der Waals surface area contributed by atoms with Crippen LogP contribution >= 0.6 is 0 Å². The van der Waals surface area contributed by atoms with Crippen LogP contribution in [0, 0.1) is 0 Å². The Balaban J connectivity index is 1.54. The highest BCUT2D eigenvalue weighted by Crippen LogP contribution is 2.10. The van der Waals surface area contributed by atoms with Crippen LogP contribution < -0.4 is 10.2 Å². The number of aromatic nitrogens is 5. The van der Waals surface area contributed by atoms with E-state index in [4.69, 9.17) is 0 Å². The van der Waals surface area contributed by atoms with Crippen molar-refractivity contribution in [2.45, 2.75) is 0 Å². The van der Waals surface area contributed by atoms with Crippen molar-refractivity contribution in [3.63, 3.8) is 0 Å². The molecule has 0 spiro atoms. The maximum absolute atomic E-state index is 12.1. The van der Waals surface area contributed by atoms with Crippen LogP contribution in [0.25, 0.3) is 0 Å². The molecule has 2 N–H and O–H groups in total. The van der Waals surface area contributed by atoms with Crippen molar-refractivity contribution in [2.75, 3.05) is 36.4 Å². The van der Waals surface area contributed by atoms with Gasteiger partial charge in [-0.2, -0.15) is 10.1 Å². The van der Waals surface area contributed by atoms with Crippen molar-refractivity contribution in [1.82, 2.24) is 30.0 Å². The predicted octanol–water partition coefficient (Wildman–Crippen LogP) is -1.12. The molecule has 1 saturated heterocycles. The highest BCUT2D eigenvalue weighted by Gasteiger charge is 2.27. The number of piperazine rings is 1. The van der Waals surface area contributed by atoms with Crippen LogP contribution in [0.15, 0.2) is 24.8 Å². The number of carbonyl (C=O) groups is 2. The van der Waals surface area contributed by atoms with Crippen molar-refractivity contribution < 1.29 is 9.59 Å². The van der Waals surface area contributed by atoms with Gasteiger partial charge in [0.05, 0.1) is 0 Å². The molecule has 2 amide bonds. The topological polar surface area (TPSA) is 120 Å². The second kappa shape index (κ2) is 6.16. The van der Waals surface area contributed by atoms with Crippen LogP contribution in [-0.2, 0) is 9.59 Å². The number of H-pyrrole nitrogens is 1. The summed E-state index contributed by atoms with van der Waals surface area (Å²) in [7, 11) is 0. The van der Waals surface area contributed by atoms with Crippen LogP contribution in [0.4, 0.5) is 11.9 Å². The molecule has 0 radical (unpaired) electrons. The minimum atomic E-state index is -0.735. The first kappa shape index (κ1) is 13.9. The fraction of sp³-hybridized carbons (Fsp3) is 0.333. The van der Waals surface area contributed by atoms with Gasteiger partial charge < -0.3 is 9.80 Å². The van der Waals surface area contributed by atoms with Crippen molar-refractivity contribution >= 4 is 23.7 Å². The first-order chi connectivity index (χ1) is 10.7. The summed E-state index contributed by atoms with van der Waals surface area (Å²) < 4.78 is 0. The number of nitrogens with one attached hydrogen (secondary N) is 2. The predicted molar refractivity (Wildman–Crippen MR) is 75.8 cm³/mol. The normalized spacial score (nSPS) is 14.7. The summed E-state index contributed by atoms with van der Waals surface area (Å²) in [6.45, 7) is 2.01. The van der Waals surface area contributed by atoms with E-state index < -0.39 is 11.8 Å². The Morgan fingerprint density at radius 2 is 1.82 bits per heavy atom. The third kappa shape index (κ3) is 3.00. The number of aromatic amines is 1. The standard InChI is InChI=1S/C12H14N8O2/c21-9(17-11-15-8-16-18-11)10(22)19-4-6-20(7-5-19)12-13-2-1-3-14-12/h1-3,8H,4-7H2,(H2,15,16,17,18,21). The third-order valence-electron chi connectivity index (χ3n) is 3.24. The van der Waals surface area contributed by atoms with E-state index in [1.54, 1.807) is 18.5 Å². The molecule has 1 aliphatic rings. The van der Waals surface area contributed by atoms with Crippen LogP contribution in [0.1, 0.15) is 0 Å². The lowest BCUT2D eigenvalue weighted by molar-refractivity contribution is -0.143. The Labute approximate surface area is 125 Å². The van der Waals surface area contributed by atoms with E-state index in [9.17, 15) is 9.59 Å². The summed E-state index contributed by atoms with van der Waals surface area (Å²) in [5.41, 5.74) is 0. The van der Waals surface area contributed by atoms with Crippen molar-refractivity contribution in [2.24, 2.45) is 0 Å². The Bertz CT molecular complexity index is 636. The minimum Gasteiger partial charge on any atom is -0.337 e. The Morgan fingerprint density at radius 3 is 2.45 bits per heavy atom. The zero-order chi connectivity index (χ0) is 15.4. The molecule has 0 saturated carbocycles. The lowest BCUT2D eigenvalue weighted by atomic mass is 10.3. The molecule has 0 atom stereocenters. The molecular weight excluding hydrogens is 288 g/mol. The SMILES string of the molecule is O=C(Nc1ncn[nH]1)C(=O)N1CCN(c2ncccn2)CC1. The van der Waals surface area contributed by atoms with E-state index in [-0.39, 0.29) is 5.95 Å². The average molecular weight is 302 g/mol. The van der Waals surface area contributed by atoms with Gasteiger partial charge in [-0.15, -0.1) is 0 Å². The number of amides is 2. The number of nitrogens with zero attached hydrogens (tertiary/aromatic N) is 6. The van der Waals surface area contributed by atoms with E-state index >= 15 is 0 Å². The fourth-order valence-electron chi connectivity index (χ4n) is 2.13. The highest BCUT2D eigenvalue weighted by molar-refractivity contribution is 6.39. The molecule has 2 aromatic heterocycles. The summed E-state index contributed by atoms with van der Waals surface area (Å²) in [6.07, 6.45) is 4.59. The molecule has 0 unspecified atom stereocenters. The van der Waals surface area contributed by atoms with Gasteiger partial charge >= 0.3 is 11.8 Å². The molecule has 0 bridgehead atoms. The molecule has 22 heavy (non-hydrogen) atoms. The van der Waals surface area contributed by atoms with Crippen LogP contribution in [0.5, 0.6) is 0 Å². The molecule has 3 heterocycles. The van der Waals surface area contributed by atoms with E-state index in [0.717, 1.165) is 0 Å². The van der Waals surface area contributed by atoms with Gasteiger partial charge in [0.15, 0.2) is 0 Å². The molecule has 114 valence electrons. The third-order valence-corrected chi connectivity index (χ3v) is 3.24. The molecule has 2 aromatic rings. The number of rotatable bonds is 2. The van der Waals surface area contributed by atoms with Gasteiger partial charge in [0.2, 0.25) is 11.9 Å². The zero-order valence-electron chi connectivity index (χ0n) is 11.6. The fourth-order valence-corrected chi connectivity index (χ4v) is 2.13. The van der Waals surface area contributed by atoms with Crippen molar-refractivity contribution in [1.29, 1.82) is 0 Å². The van der Waals surface area contributed by atoms with Crippen molar-refractivity contribution in [3.8, 4) is 0 Å². The zero-order valence-corrected chi connectivity index (χ0v) is 11.6. The summed E-state index contributed by atoms with van der Waals surface area (Å²) in [4.78, 5) is 39.4. The quantitative estimate of drug-likeness (QED) is 0.674. The molecule has 3 rings (SSSR count). The first-order valence-corrected chi connectivity index (χ1v) is 6.71. The van der Waals surface area contributed by atoms with Gasteiger partial charge in [0.1, 0.15) is 6.33 Å². The highest BCUT2D eigenvalue weighted by atomic mass is 16.2. The summed E-state index contributed by atoms with van der Waals surface area (Å²) in [5.74, 6) is -0.554. The van der Waals surface area contributed by atoms with E-state index in [1.165, 1.54) is 11.2 Å². The lowest BCUT2D eigenvalue weighted by Crippen LogP contribution is -2.52. The molecule has 1 fully saturated rings. The number of anilines is 2. The Kier molecular flexibility index (Phi) is 3.90. The lowest BCUT2D eigenvalue weighted by Gasteiger charge is -2.34. The molecule has 0 aliphatic carbocycles. The van der Waals surface area contributed by atoms with Gasteiger partial charge in [-0.05, 0) is 6.07 Å². The average Bonchev–Trinajstić information content (AvgIpc) is 3.08. The van der Waals surface area contributed by atoms with Crippen LogP contribution in [0.3, 0.4) is 0 Å². The van der Waals surface area contributed by atoms with Crippen molar-refractivity contribution in [3.05, 3.63) is 24.8 Å². The summed E-state index contributed by atoms with van der Waals surface area (Å²) >= 11 is 0. The maximum Gasteiger partial charge on any atom is 0.316 e. The first-order valence-electron chi connectivity index (χ1n) is 6.71. The minimum absolute atomic E-state index is 0.148. The maximum atomic E-state index is 12.1. The number of hydrogen-bond donors (Lipinski definition) is 2. The van der Waals surface area contributed by atoms with E-state index in [1.807, 2.05) is 4.90 Å². The van der Waals surface area contributed by atoms with Gasteiger partial charge in [0.25, 0.3) is 0 Å². The number of hydrogen-bond acceptors (Lipinski definition) is 7. The largest absolute Gasteiger partial charge is 0.337 e. The van der Waals surface area contributed by atoms with Gasteiger partial charge in [-0.3, -0.25) is 14.9 Å². The summed E-state index contributed by atoms with van der Waals surface area (Å²) in [6, 6.07) is 1.75. The van der Waals surface area contributed by atoms with Gasteiger partial charge in [-0.1, -0.05) is 0 Å². The van der Waals surface area contributed by atoms with Crippen LogP contribution in [0.2, 0.25) is 0 Å². The monoisotopic (exact) mass is 302 g/mol.